The number of amides is 1. The molecule has 1 aromatic heterocycles. The number of halogens is 2. The van der Waals surface area contributed by atoms with Gasteiger partial charge in [-0.1, -0.05) is 0 Å². The van der Waals surface area contributed by atoms with Gasteiger partial charge in [-0.3, -0.25) is 4.79 Å². The quantitative estimate of drug-likeness (QED) is 0.884. The van der Waals surface area contributed by atoms with E-state index in [4.69, 9.17) is 9.84 Å². The molecule has 20 heavy (non-hydrogen) atoms. The molecule has 1 saturated heterocycles. The number of hydrogen-bond acceptors (Lipinski definition) is 3. The third kappa shape index (κ3) is 2.96. The van der Waals surface area contributed by atoms with E-state index in [0.29, 0.717) is 0 Å². The van der Waals surface area contributed by atoms with Crippen molar-refractivity contribution in [3.8, 4) is 0 Å². The van der Waals surface area contributed by atoms with Gasteiger partial charge in [0.15, 0.2) is 6.04 Å². The van der Waals surface area contributed by atoms with Gasteiger partial charge in [-0.05, 0) is 12.1 Å². The van der Waals surface area contributed by atoms with Gasteiger partial charge in [0.25, 0.3) is 12.3 Å². The average Bonchev–Trinajstić information content (AvgIpc) is 2.85. The Balaban J connectivity index is 2.21. The molecule has 1 unspecified atom stereocenters. The second kappa shape index (κ2) is 6.00. The summed E-state index contributed by atoms with van der Waals surface area (Å²) in [6.45, 7) is -0.354. The maximum absolute atomic E-state index is 12.4. The van der Waals surface area contributed by atoms with Crippen molar-refractivity contribution in [3.63, 3.8) is 0 Å². The van der Waals surface area contributed by atoms with Crippen LogP contribution in [-0.2, 0) is 16.1 Å². The van der Waals surface area contributed by atoms with Crippen LogP contribution in [0.5, 0.6) is 0 Å². The van der Waals surface area contributed by atoms with Gasteiger partial charge < -0.3 is 19.3 Å². The number of aliphatic carboxylic acids is 1. The fourth-order valence-electron chi connectivity index (χ4n) is 2.11. The van der Waals surface area contributed by atoms with Crippen molar-refractivity contribution in [1.29, 1.82) is 0 Å². The Morgan fingerprint density at radius 2 is 2.25 bits per heavy atom. The zero-order valence-electron chi connectivity index (χ0n) is 10.5. The SMILES string of the molecule is O=C(O)C1COCCN1C(=O)c1cccn1CC(F)F. The number of hydrogen-bond donors (Lipinski definition) is 1. The average molecular weight is 288 g/mol. The van der Waals surface area contributed by atoms with Crippen molar-refractivity contribution < 1.29 is 28.2 Å². The van der Waals surface area contributed by atoms with E-state index in [0.717, 1.165) is 9.47 Å². The van der Waals surface area contributed by atoms with Gasteiger partial charge in [0.2, 0.25) is 0 Å². The highest BCUT2D eigenvalue weighted by Crippen LogP contribution is 2.15. The molecule has 0 spiro atoms. The summed E-state index contributed by atoms with van der Waals surface area (Å²) in [7, 11) is 0. The van der Waals surface area contributed by atoms with E-state index in [2.05, 4.69) is 0 Å². The Labute approximate surface area is 113 Å². The lowest BCUT2D eigenvalue weighted by molar-refractivity contribution is -0.147. The van der Waals surface area contributed by atoms with Crippen LogP contribution >= 0.6 is 0 Å². The normalized spacial score (nSPS) is 19.4. The molecular formula is C12H14F2N2O4. The standard InChI is InChI=1S/C12H14F2N2O4/c13-10(14)6-15-3-1-2-8(15)11(17)16-4-5-20-7-9(16)12(18)19/h1-3,9-10H,4-7H2,(H,18,19). The molecule has 8 heteroatoms. The Morgan fingerprint density at radius 3 is 2.90 bits per heavy atom. The van der Waals surface area contributed by atoms with E-state index >= 15 is 0 Å². The molecule has 2 heterocycles. The monoisotopic (exact) mass is 288 g/mol. The van der Waals surface area contributed by atoms with Gasteiger partial charge in [-0.15, -0.1) is 0 Å². The van der Waals surface area contributed by atoms with Crippen molar-refractivity contribution in [2.75, 3.05) is 19.8 Å². The van der Waals surface area contributed by atoms with Gasteiger partial charge in [-0.2, -0.15) is 0 Å². The first kappa shape index (κ1) is 14.4. The van der Waals surface area contributed by atoms with Crippen molar-refractivity contribution in [2.45, 2.75) is 19.0 Å². The molecule has 0 saturated carbocycles. The third-order valence-corrected chi connectivity index (χ3v) is 3.06. The lowest BCUT2D eigenvalue weighted by atomic mass is 10.2. The van der Waals surface area contributed by atoms with Crippen LogP contribution in [0.25, 0.3) is 0 Å². The number of carboxylic acid groups (broad SMARTS) is 1. The second-order valence-electron chi connectivity index (χ2n) is 4.36. The molecule has 0 bridgehead atoms. The topological polar surface area (TPSA) is 71.8 Å². The molecule has 1 N–H and O–H groups in total. The van der Waals surface area contributed by atoms with Crippen molar-refractivity contribution in [1.82, 2.24) is 9.47 Å². The lowest BCUT2D eigenvalue weighted by Gasteiger charge is -2.33. The molecule has 1 aromatic rings. The van der Waals surface area contributed by atoms with Crippen LogP contribution in [0.3, 0.4) is 0 Å². The highest BCUT2D eigenvalue weighted by atomic mass is 19.3. The molecule has 0 aliphatic carbocycles. The van der Waals surface area contributed by atoms with E-state index in [1.54, 1.807) is 0 Å². The largest absolute Gasteiger partial charge is 0.480 e. The van der Waals surface area contributed by atoms with Crippen LogP contribution in [0.2, 0.25) is 0 Å². The summed E-state index contributed by atoms with van der Waals surface area (Å²) in [6, 6.07) is 1.79. The molecular weight excluding hydrogens is 274 g/mol. The van der Waals surface area contributed by atoms with Crippen molar-refractivity contribution in [3.05, 3.63) is 24.0 Å². The number of ether oxygens (including phenoxy) is 1. The number of nitrogens with zero attached hydrogens (tertiary/aromatic N) is 2. The van der Waals surface area contributed by atoms with Crippen LogP contribution < -0.4 is 0 Å². The van der Waals surface area contributed by atoms with Gasteiger partial charge in [0.1, 0.15) is 5.69 Å². The van der Waals surface area contributed by atoms with Crippen LogP contribution in [0.15, 0.2) is 18.3 Å². The molecule has 110 valence electrons. The smallest absolute Gasteiger partial charge is 0.328 e. The lowest BCUT2D eigenvalue weighted by Crippen LogP contribution is -2.53. The number of aromatic nitrogens is 1. The predicted molar refractivity (Wildman–Crippen MR) is 63.7 cm³/mol. The summed E-state index contributed by atoms with van der Waals surface area (Å²) in [4.78, 5) is 24.6. The van der Waals surface area contributed by atoms with E-state index in [-0.39, 0.29) is 25.5 Å². The first-order chi connectivity index (χ1) is 9.50. The molecule has 1 atom stereocenters. The summed E-state index contributed by atoms with van der Waals surface area (Å²) in [6.07, 6.45) is -1.22. The molecule has 1 aliphatic heterocycles. The van der Waals surface area contributed by atoms with Gasteiger partial charge in [-0.25, -0.2) is 13.6 Å². The number of morpholine rings is 1. The Bertz CT molecular complexity index is 503. The maximum Gasteiger partial charge on any atom is 0.328 e. The molecule has 2 rings (SSSR count). The zero-order chi connectivity index (χ0) is 14.7. The minimum atomic E-state index is -2.59. The number of alkyl halides is 2. The van der Waals surface area contributed by atoms with Gasteiger partial charge in [0.05, 0.1) is 19.8 Å². The van der Waals surface area contributed by atoms with Crippen LogP contribution in [0.1, 0.15) is 10.5 Å². The number of rotatable bonds is 4. The Hall–Kier alpha value is -1.96. The summed E-state index contributed by atoms with van der Waals surface area (Å²) in [5.41, 5.74) is 0.0541. The summed E-state index contributed by atoms with van der Waals surface area (Å²) < 4.78 is 31.0. The number of carbonyl (C=O) groups is 2. The Morgan fingerprint density at radius 1 is 1.50 bits per heavy atom. The van der Waals surface area contributed by atoms with E-state index in [1.165, 1.54) is 18.3 Å². The molecule has 6 nitrogen and oxygen atoms in total. The minimum Gasteiger partial charge on any atom is -0.480 e. The molecule has 0 radical (unpaired) electrons. The maximum atomic E-state index is 12.4. The van der Waals surface area contributed by atoms with Crippen LogP contribution in [0.4, 0.5) is 8.78 Å². The summed E-state index contributed by atoms with van der Waals surface area (Å²) >= 11 is 0. The minimum absolute atomic E-state index is 0.0541. The van der Waals surface area contributed by atoms with Crippen LogP contribution in [-0.4, -0.2) is 58.7 Å². The zero-order valence-corrected chi connectivity index (χ0v) is 10.5. The summed E-state index contributed by atoms with van der Waals surface area (Å²) in [5, 5.41) is 9.07. The fraction of sp³-hybridized carbons (Fsp3) is 0.500. The highest BCUT2D eigenvalue weighted by Gasteiger charge is 2.34. The van der Waals surface area contributed by atoms with Crippen molar-refractivity contribution >= 4 is 11.9 Å². The fourth-order valence-corrected chi connectivity index (χ4v) is 2.11. The third-order valence-electron chi connectivity index (χ3n) is 3.06. The van der Waals surface area contributed by atoms with Gasteiger partial charge >= 0.3 is 5.97 Å². The Kier molecular flexibility index (Phi) is 4.33. The number of carboxylic acids is 1. The molecule has 0 aromatic carbocycles. The number of carbonyl (C=O) groups excluding carboxylic acids is 1. The van der Waals surface area contributed by atoms with E-state index < -0.39 is 30.9 Å². The van der Waals surface area contributed by atoms with Gasteiger partial charge in [0, 0.05) is 12.7 Å². The first-order valence-electron chi connectivity index (χ1n) is 6.05. The second-order valence-corrected chi connectivity index (χ2v) is 4.36. The molecule has 1 aliphatic rings. The molecule has 1 amide bonds. The van der Waals surface area contributed by atoms with Crippen LogP contribution in [0, 0.1) is 0 Å². The highest BCUT2D eigenvalue weighted by molar-refractivity contribution is 5.95. The first-order valence-corrected chi connectivity index (χ1v) is 6.05. The summed E-state index contributed by atoms with van der Waals surface area (Å²) in [5.74, 6) is -1.75. The molecule has 1 fully saturated rings. The van der Waals surface area contributed by atoms with Crippen molar-refractivity contribution in [2.24, 2.45) is 0 Å². The predicted octanol–water partition coefficient (Wildman–Crippen LogP) is 0.679. The van der Waals surface area contributed by atoms with E-state index in [1.807, 2.05) is 0 Å². The van der Waals surface area contributed by atoms with E-state index in [9.17, 15) is 18.4 Å².